The summed E-state index contributed by atoms with van der Waals surface area (Å²) in [4.78, 5) is 0. The van der Waals surface area contributed by atoms with Gasteiger partial charge in [0.25, 0.3) is 0 Å². The summed E-state index contributed by atoms with van der Waals surface area (Å²) < 4.78 is 5.74. The highest BCUT2D eigenvalue weighted by atomic mass is 16.5. The topological polar surface area (TPSA) is 9.23 Å². The lowest BCUT2D eigenvalue weighted by Gasteiger charge is -2.38. The SMILES string of the molecule is CCCCCC[C@H]1CC[C@H]([C@H]2CC[C@H](c3ccc(OCCC)cc3)CC2)CC1. The van der Waals surface area contributed by atoms with Crippen molar-refractivity contribution < 1.29 is 4.74 Å². The zero-order chi connectivity index (χ0) is 19.6. The summed E-state index contributed by atoms with van der Waals surface area (Å²) >= 11 is 0. The lowest BCUT2D eigenvalue weighted by molar-refractivity contribution is 0.155. The summed E-state index contributed by atoms with van der Waals surface area (Å²) in [7, 11) is 0. The van der Waals surface area contributed by atoms with E-state index in [-0.39, 0.29) is 0 Å². The molecule has 3 rings (SSSR count). The van der Waals surface area contributed by atoms with E-state index in [1.54, 1.807) is 0 Å². The van der Waals surface area contributed by atoms with Gasteiger partial charge in [0.1, 0.15) is 5.75 Å². The van der Waals surface area contributed by atoms with Crippen LogP contribution in [0.4, 0.5) is 0 Å². The molecule has 0 bridgehead atoms. The van der Waals surface area contributed by atoms with E-state index in [9.17, 15) is 0 Å². The van der Waals surface area contributed by atoms with Crippen LogP contribution in [-0.4, -0.2) is 6.61 Å². The predicted octanol–water partition coefficient (Wildman–Crippen LogP) is 8.53. The van der Waals surface area contributed by atoms with Crippen molar-refractivity contribution in [2.24, 2.45) is 17.8 Å². The summed E-state index contributed by atoms with van der Waals surface area (Å²) in [5.41, 5.74) is 1.54. The van der Waals surface area contributed by atoms with Crippen LogP contribution in [0.1, 0.15) is 115 Å². The first-order valence-corrected chi connectivity index (χ1v) is 12.5. The molecule has 28 heavy (non-hydrogen) atoms. The van der Waals surface area contributed by atoms with Gasteiger partial charge in [-0.25, -0.2) is 0 Å². The third-order valence-electron chi connectivity index (χ3n) is 7.62. The molecule has 0 radical (unpaired) electrons. The summed E-state index contributed by atoms with van der Waals surface area (Å²) in [6, 6.07) is 9.00. The van der Waals surface area contributed by atoms with E-state index < -0.39 is 0 Å². The summed E-state index contributed by atoms with van der Waals surface area (Å²) in [5.74, 6) is 4.93. The molecular formula is C27H44O. The molecule has 158 valence electrons. The summed E-state index contributed by atoms with van der Waals surface area (Å²) in [5, 5.41) is 0. The first-order valence-electron chi connectivity index (χ1n) is 12.5. The van der Waals surface area contributed by atoms with E-state index in [0.717, 1.165) is 42.4 Å². The molecular weight excluding hydrogens is 340 g/mol. The monoisotopic (exact) mass is 384 g/mol. The van der Waals surface area contributed by atoms with Gasteiger partial charge in [0.15, 0.2) is 0 Å². The second kappa shape index (κ2) is 11.9. The molecule has 2 aliphatic carbocycles. The number of unbranched alkanes of at least 4 members (excludes halogenated alkanes) is 3. The Balaban J connectivity index is 1.36. The Morgan fingerprint density at radius 3 is 1.96 bits per heavy atom. The molecule has 1 aromatic carbocycles. The first kappa shape index (κ1) is 21.7. The van der Waals surface area contributed by atoms with Crippen molar-refractivity contribution in [3.05, 3.63) is 29.8 Å². The van der Waals surface area contributed by atoms with Gasteiger partial charge in [-0.05, 0) is 86.3 Å². The Kier molecular flexibility index (Phi) is 9.22. The molecule has 0 aliphatic heterocycles. The highest BCUT2D eigenvalue weighted by Gasteiger charge is 2.31. The second-order valence-corrected chi connectivity index (χ2v) is 9.66. The van der Waals surface area contributed by atoms with Crippen molar-refractivity contribution in [1.29, 1.82) is 0 Å². The van der Waals surface area contributed by atoms with Gasteiger partial charge in [-0.1, -0.05) is 70.9 Å². The molecule has 2 saturated carbocycles. The minimum atomic E-state index is 0.784. The number of benzene rings is 1. The van der Waals surface area contributed by atoms with Crippen molar-refractivity contribution in [1.82, 2.24) is 0 Å². The zero-order valence-corrected chi connectivity index (χ0v) is 18.6. The summed E-state index contributed by atoms with van der Waals surface area (Å²) in [6.07, 6.45) is 20.2. The van der Waals surface area contributed by atoms with Crippen LogP contribution in [-0.2, 0) is 0 Å². The van der Waals surface area contributed by atoms with Crippen LogP contribution in [0.3, 0.4) is 0 Å². The van der Waals surface area contributed by atoms with E-state index in [0.29, 0.717) is 0 Å². The highest BCUT2D eigenvalue weighted by Crippen LogP contribution is 2.44. The Bertz CT molecular complexity index is 518. The Morgan fingerprint density at radius 1 is 0.714 bits per heavy atom. The third-order valence-corrected chi connectivity index (χ3v) is 7.62. The number of ether oxygens (including phenoxy) is 1. The molecule has 0 spiro atoms. The van der Waals surface area contributed by atoms with E-state index in [2.05, 4.69) is 38.1 Å². The van der Waals surface area contributed by atoms with Gasteiger partial charge in [-0.15, -0.1) is 0 Å². The predicted molar refractivity (Wildman–Crippen MR) is 121 cm³/mol. The van der Waals surface area contributed by atoms with Gasteiger partial charge in [0.05, 0.1) is 6.61 Å². The maximum absolute atomic E-state index is 5.74. The molecule has 0 N–H and O–H groups in total. The van der Waals surface area contributed by atoms with Gasteiger partial charge >= 0.3 is 0 Å². The molecule has 2 aliphatic rings. The fourth-order valence-corrected chi connectivity index (χ4v) is 5.79. The van der Waals surface area contributed by atoms with Crippen molar-refractivity contribution in [3.63, 3.8) is 0 Å². The van der Waals surface area contributed by atoms with E-state index in [1.807, 2.05) is 0 Å². The molecule has 0 unspecified atom stereocenters. The molecule has 0 atom stereocenters. The fourth-order valence-electron chi connectivity index (χ4n) is 5.79. The fraction of sp³-hybridized carbons (Fsp3) is 0.778. The molecule has 0 saturated heterocycles. The van der Waals surface area contributed by atoms with E-state index in [4.69, 9.17) is 4.74 Å². The summed E-state index contributed by atoms with van der Waals surface area (Å²) in [6.45, 7) is 5.30. The van der Waals surface area contributed by atoms with Crippen molar-refractivity contribution >= 4 is 0 Å². The molecule has 1 aromatic rings. The minimum absolute atomic E-state index is 0.784. The Hall–Kier alpha value is -0.980. The minimum Gasteiger partial charge on any atom is -0.494 e. The average molecular weight is 385 g/mol. The lowest BCUT2D eigenvalue weighted by Crippen LogP contribution is -2.25. The zero-order valence-electron chi connectivity index (χ0n) is 18.6. The van der Waals surface area contributed by atoms with Crippen LogP contribution in [0.2, 0.25) is 0 Å². The molecule has 1 heteroatoms. The van der Waals surface area contributed by atoms with Crippen molar-refractivity contribution in [3.8, 4) is 5.75 Å². The van der Waals surface area contributed by atoms with E-state index >= 15 is 0 Å². The Morgan fingerprint density at radius 2 is 1.36 bits per heavy atom. The quantitative estimate of drug-likeness (QED) is 0.367. The second-order valence-electron chi connectivity index (χ2n) is 9.66. The van der Waals surface area contributed by atoms with Gasteiger partial charge in [-0.2, -0.15) is 0 Å². The molecule has 1 nitrogen and oxygen atoms in total. The number of hydrogen-bond acceptors (Lipinski definition) is 1. The Labute approximate surface area is 174 Å². The normalized spacial score (nSPS) is 28.2. The van der Waals surface area contributed by atoms with Gasteiger partial charge in [-0.3, -0.25) is 0 Å². The maximum Gasteiger partial charge on any atom is 0.119 e. The third kappa shape index (κ3) is 6.53. The van der Waals surface area contributed by atoms with Crippen molar-refractivity contribution in [2.45, 2.75) is 110 Å². The van der Waals surface area contributed by atoms with Crippen LogP contribution in [0, 0.1) is 17.8 Å². The number of hydrogen-bond donors (Lipinski definition) is 0. The van der Waals surface area contributed by atoms with Crippen LogP contribution in [0.5, 0.6) is 5.75 Å². The standard InChI is InChI=1S/C27H44O/c1-3-5-6-7-8-22-9-11-23(12-10-22)24-13-15-25(16-14-24)26-17-19-27(20-18-26)28-21-4-2/h17-20,22-25H,3-16,21H2,1-2H3/t22-,23-,24-,25-. The van der Waals surface area contributed by atoms with Gasteiger partial charge in [0.2, 0.25) is 0 Å². The van der Waals surface area contributed by atoms with E-state index in [1.165, 1.54) is 89.0 Å². The van der Waals surface area contributed by atoms with Crippen LogP contribution >= 0.6 is 0 Å². The molecule has 0 aromatic heterocycles. The number of rotatable bonds is 10. The lowest BCUT2D eigenvalue weighted by atomic mass is 9.68. The average Bonchev–Trinajstić information content (AvgIpc) is 2.76. The molecule has 2 fully saturated rings. The van der Waals surface area contributed by atoms with Crippen LogP contribution in [0.25, 0.3) is 0 Å². The smallest absolute Gasteiger partial charge is 0.119 e. The first-order chi connectivity index (χ1) is 13.8. The largest absolute Gasteiger partial charge is 0.494 e. The van der Waals surface area contributed by atoms with Gasteiger partial charge < -0.3 is 4.74 Å². The van der Waals surface area contributed by atoms with Gasteiger partial charge in [0, 0.05) is 0 Å². The highest BCUT2D eigenvalue weighted by molar-refractivity contribution is 5.29. The van der Waals surface area contributed by atoms with Crippen molar-refractivity contribution in [2.75, 3.05) is 6.61 Å². The molecule has 0 amide bonds. The van der Waals surface area contributed by atoms with Crippen LogP contribution < -0.4 is 4.74 Å². The van der Waals surface area contributed by atoms with Crippen LogP contribution in [0.15, 0.2) is 24.3 Å². The maximum atomic E-state index is 5.74. The molecule has 0 heterocycles.